The van der Waals surface area contributed by atoms with Gasteiger partial charge in [0, 0.05) is 42.4 Å². The number of hydrogen-bond acceptors (Lipinski definition) is 7. The van der Waals surface area contributed by atoms with Crippen LogP contribution < -0.4 is 16.0 Å². The van der Waals surface area contributed by atoms with Crippen LogP contribution >= 0.6 is 11.6 Å². The maximum Gasteiger partial charge on any atom is 0.276 e. The fourth-order valence-electron chi connectivity index (χ4n) is 6.02. The number of aromatic nitrogens is 4. The zero-order valence-electron chi connectivity index (χ0n) is 22.2. The normalized spacial score (nSPS) is 22.0. The Balaban J connectivity index is 1.14. The van der Waals surface area contributed by atoms with Crippen LogP contribution in [0.25, 0.3) is 5.65 Å². The van der Waals surface area contributed by atoms with E-state index in [2.05, 4.69) is 25.9 Å². The first-order valence-electron chi connectivity index (χ1n) is 14.4. The fourth-order valence-corrected chi connectivity index (χ4v) is 6.19. The van der Waals surface area contributed by atoms with Crippen LogP contribution in [0.15, 0.2) is 30.6 Å². The smallest absolute Gasteiger partial charge is 0.276 e. The number of ketones is 1. The van der Waals surface area contributed by atoms with Crippen LogP contribution in [-0.4, -0.2) is 43.4 Å². The number of pyridine rings is 1. The van der Waals surface area contributed by atoms with Crippen LogP contribution in [-0.2, 0) is 4.79 Å². The third kappa shape index (κ3) is 6.35. The lowest BCUT2D eigenvalue weighted by molar-refractivity contribution is -0.125. The summed E-state index contributed by atoms with van der Waals surface area (Å²) < 4.78 is 1.61. The number of carbonyl (C=O) groups is 2. The standard InChI is InChI=1S/C29H36ClN7O2/c30-26-15-22(12-13-31-26)35-29(39)24-17-32-28-23(33-20-10-11-20)16-27(36-37(24)28)34-21-8-6-18(7-9-21)14-25(38)19-4-2-1-3-5-19/h12-13,15-21,33H,1-11,14H2,(H,34,36)(H,31,35,39). The summed E-state index contributed by atoms with van der Waals surface area (Å²) in [6.45, 7) is 0. The van der Waals surface area contributed by atoms with Gasteiger partial charge in [-0.15, -0.1) is 5.10 Å². The SMILES string of the molecule is O=C(Nc1ccnc(Cl)c1)c1cnc2c(NC3CC3)cc(NC3CCC(CC(=O)C4CCCCC4)CC3)nn12. The number of halogens is 1. The molecular weight excluding hydrogens is 514 g/mol. The van der Waals surface area contributed by atoms with Gasteiger partial charge in [-0.05, 0) is 69.4 Å². The van der Waals surface area contributed by atoms with Crippen LogP contribution in [0.2, 0.25) is 5.15 Å². The Morgan fingerprint density at radius 3 is 2.41 bits per heavy atom. The molecule has 0 unspecified atom stereocenters. The third-order valence-electron chi connectivity index (χ3n) is 8.37. The lowest BCUT2D eigenvalue weighted by Crippen LogP contribution is -2.29. The maximum absolute atomic E-state index is 13.1. The molecule has 0 aromatic carbocycles. The summed E-state index contributed by atoms with van der Waals surface area (Å²) in [4.78, 5) is 34.4. The number of anilines is 3. The molecule has 206 valence electrons. The molecule has 1 amide bonds. The Hall–Kier alpha value is -3.20. The molecule has 0 atom stereocenters. The maximum atomic E-state index is 13.1. The van der Waals surface area contributed by atoms with Crippen molar-refractivity contribution < 1.29 is 9.59 Å². The Morgan fingerprint density at radius 1 is 0.923 bits per heavy atom. The number of rotatable bonds is 9. The second-order valence-corrected chi connectivity index (χ2v) is 11.8. The van der Waals surface area contributed by atoms with Crippen molar-refractivity contribution in [1.82, 2.24) is 19.6 Å². The van der Waals surface area contributed by atoms with Crippen LogP contribution in [0.1, 0.15) is 87.5 Å². The average Bonchev–Trinajstić information content (AvgIpc) is 3.65. The molecule has 0 bridgehead atoms. The largest absolute Gasteiger partial charge is 0.379 e. The zero-order valence-corrected chi connectivity index (χ0v) is 22.9. The molecule has 3 heterocycles. The van der Waals surface area contributed by atoms with E-state index >= 15 is 0 Å². The van der Waals surface area contributed by atoms with E-state index in [1.165, 1.54) is 19.3 Å². The minimum Gasteiger partial charge on any atom is -0.379 e. The van der Waals surface area contributed by atoms with Crippen molar-refractivity contribution in [2.45, 2.75) is 89.1 Å². The second kappa shape index (κ2) is 11.5. The molecule has 0 aliphatic heterocycles. The summed E-state index contributed by atoms with van der Waals surface area (Å²) in [5, 5.41) is 15.1. The highest BCUT2D eigenvalue weighted by Gasteiger charge is 2.28. The lowest BCUT2D eigenvalue weighted by Gasteiger charge is -2.30. The second-order valence-electron chi connectivity index (χ2n) is 11.4. The van der Waals surface area contributed by atoms with E-state index in [1.807, 2.05) is 6.07 Å². The van der Waals surface area contributed by atoms with Gasteiger partial charge >= 0.3 is 0 Å². The topological polar surface area (TPSA) is 113 Å². The average molecular weight is 550 g/mol. The Kier molecular flexibility index (Phi) is 7.68. The molecule has 3 N–H and O–H groups in total. The van der Waals surface area contributed by atoms with Gasteiger partial charge in [0.2, 0.25) is 0 Å². The number of imidazole rings is 1. The van der Waals surface area contributed by atoms with E-state index in [0.29, 0.717) is 51.7 Å². The van der Waals surface area contributed by atoms with Gasteiger partial charge in [-0.25, -0.2) is 14.5 Å². The van der Waals surface area contributed by atoms with Crippen molar-refractivity contribution in [3.63, 3.8) is 0 Å². The predicted molar refractivity (Wildman–Crippen MR) is 152 cm³/mol. The summed E-state index contributed by atoms with van der Waals surface area (Å²) in [6, 6.07) is 6.00. The van der Waals surface area contributed by atoms with Gasteiger partial charge in [0.1, 0.15) is 16.8 Å². The van der Waals surface area contributed by atoms with Crippen molar-refractivity contribution in [3.8, 4) is 0 Å². The monoisotopic (exact) mass is 549 g/mol. The molecule has 3 aromatic rings. The third-order valence-corrected chi connectivity index (χ3v) is 8.58. The molecule has 3 saturated carbocycles. The molecule has 3 fully saturated rings. The highest BCUT2D eigenvalue weighted by atomic mass is 35.5. The van der Waals surface area contributed by atoms with Gasteiger partial charge in [0.05, 0.1) is 11.9 Å². The Bertz CT molecular complexity index is 1340. The molecule has 0 saturated heterocycles. The molecule has 10 heteroatoms. The quantitative estimate of drug-likeness (QED) is 0.276. The van der Waals surface area contributed by atoms with Crippen LogP contribution in [0, 0.1) is 11.8 Å². The Labute approximate surface area is 233 Å². The molecule has 39 heavy (non-hydrogen) atoms. The first-order valence-corrected chi connectivity index (χ1v) is 14.8. The summed E-state index contributed by atoms with van der Waals surface area (Å²) >= 11 is 5.98. The number of carbonyl (C=O) groups excluding carboxylic acids is 2. The first kappa shape index (κ1) is 26.0. The van der Waals surface area contributed by atoms with Crippen molar-refractivity contribution in [2.75, 3.05) is 16.0 Å². The molecular formula is C29H36ClN7O2. The lowest BCUT2D eigenvalue weighted by atomic mass is 9.78. The van der Waals surface area contributed by atoms with E-state index in [4.69, 9.17) is 16.7 Å². The number of amides is 1. The van der Waals surface area contributed by atoms with Crippen LogP contribution in [0.5, 0.6) is 0 Å². The number of Topliss-reactive ketones (excluding diaryl/α,β-unsaturated/α-hetero) is 1. The summed E-state index contributed by atoms with van der Waals surface area (Å²) in [6.07, 6.45) is 16.1. The van der Waals surface area contributed by atoms with Crippen LogP contribution in [0.3, 0.4) is 0 Å². The first-order chi connectivity index (χ1) is 19.0. The van der Waals surface area contributed by atoms with E-state index < -0.39 is 0 Å². The molecule has 9 nitrogen and oxygen atoms in total. The van der Waals surface area contributed by atoms with E-state index in [1.54, 1.807) is 29.0 Å². The van der Waals surface area contributed by atoms with Gasteiger partial charge < -0.3 is 16.0 Å². The fraction of sp³-hybridized carbons (Fsp3) is 0.552. The zero-order chi connectivity index (χ0) is 26.8. The number of fused-ring (bicyclic) bond motifs is 1. The van der Waals surface area contributed by atoms with Gasteiger partial charge in [-0.3, -0.25) is 9.59 Å². The summed E-state index contributed by atoms with van der Waals surface area (Å²) in [7, 11) is 0. The van der Waals surface area contributed by atoms with Crippen molar-refractivity contribution in [3.05, 3.63) is 41.4 Å². The highest BCUT2D eigenvalue weighted by molar-refractivity contribution is 6.29. The summed E-state index contributed by atoms with van der Waals surface area (Å²) in [5.74, 6) is 1.68. The minimum absolute atomic E-state index is 0.282. The number of nitrogens with zero attached hydrogens (tertiary/aromatic N) is 4. The van der Waals surface area contributed by atoms with E-state index in [9.17, 15) is 9.59 Å². The van der Waals surface area contributed by atoms with Crippen molar-refractivity contribution in [1.29, 1.82) is 0 Å². The minimum atomic E-state index is -0.324. The van der Waals surface area contributed by atoms with Crippen LogP contribution in [0.4, 0.5) is 17.2 Å². The molecule has 0 spiro atoms. The van der Waals surface area contributed by atoms with Gasteiger partial charge in [0.15, 0.2) is 11.3 Å². The Morgan fingerprint density at radius 2 is 1.67 bits per heavy atom. The molecule has 3 aromatic heterocycles. The number of nitrogens with one attached hydrogen (secondary N) is 3. The molecule has 6 rings (SSSR count). The predicted octanol–water partition coefficient (Wildman–Crippen LogP) is 6.11. The van der Waals surface area contributed by atoms with Gasteiger partial charge in [-0.1, -0.05) is 30.9 Å². The van der Waals surface area contributed by atoms with Crippen molar-refractivity contribution in [2.24, 2.45) is 11.8 Å². The van der Waals surface area contributed by atoms with Crippen molar-refractivity contribution >= 4 is 46.1 Å². The van der Waals surface area contributed by atoms with Gasteiger partial charge in [-0.2, -0.15) is 0 Å². The number of hydrogen-bond donors (Lipinski definition) is 3. The van der Waals surface area contributed by atoms with Gasteiger partial charge in [0.25, 0.3) is 5.91 Å². The summed E-state index contributed by atoms with van der Waals surface area (Å²) in [5.41, 5.74) is 2.38. The molecule has 3 aliphatic rings. The van der Waals surface area contributed by atoms with E-state index in [-0.39, 0.29) is 11.9 Å². The molecule has 0 radical (unpaired) electrons. The van der Waals surface area contributed by atoms with E-state index in [0.717, 1.165) is 63.5 Å². The molecule has 3 aliphatic carbocycles. The highest BCUT2D eigenvalue weighted by Crippen LogP contribution is 2.34.